The third kappa shape index (κ3) is 5.86. The minimum Gasteiger partial charge on any atom is -0.342 e. The van der Waals surface area contributed by atoms with E-state index in [1.807, 2.05) is 29.6 Å². The van der Waals surface area contributed by atoms with E-state index in [0.29, 0.717) is 6.61 Å². The van der Waals surface area contributed by atoms with Gasteiger partial charge in [-0.05, 0) is 55.5 Å². The molecule has 3 aromatic rings. The minimum absolute atomic E-state index is 0.0756. The molecule has 200 valence electrons. The molecule has 38 heavy (non-hydrogen) atoms. The predicted molar refractivity (Wildman–Crippen MR) is 153 cm³/mol. The van der Waals surface area contributed by atoms with Crippen LogP contribution in [0, 0.1) is 0 Å². The summed E-state index contributed by atoms with van der Waals surface area (Å²) in [4.78, 5) is 2.53. The number of ether oxygens (including phenoxy) is 4. The standard InChI is InChI=1S/C32H36O4S2/c1-4-12-25(13-5-1)30-22-33-31(20-10-14-26(34-31)23-37-28-16-6-2-7-17-28)32(36-30)21-11-15-27(35-32)24-38-29-18-8-3-9-19-29/h1-9,12-13,16-19,26-27,30H,10-11,14-15,20-24H2/t26-,27-,30-,31+,32-/m1/s1. The van der Waals surface area contributed by atoms with E-state index < -0.39 is 11.6 Å². The molecule has 3 aliphatic rings. The van der Waals surface area contributed by atoms with Crippen molar-refractivity contribution >= 4 is 23.5 Å². The maximum absolute atomic E-state index is 7.00. The van der Waals surface area contributed by atoms with Crippen LogP contribution in [0.5, 0.6) is 0 Å². The van der Waals surface area contributed by atoms with Crippen LogP contribution in [0.1, 0.15) is 50.2 Å². The number of thioether (sulfide) groups is 2. The Morgan fingerprint density at radius 3 is 1.68 bits per heavy atom. The number of hydrogen-bond acceptors (Lipinski definition) is 6. The third-order valence-electron chi connectivity index (χ3n) is 7.69. The molecule has 4 nitrogen and oxygen atoms in total. The van der Waals surface area contributed by atoms with Gasteiger partial charge in [0.15, 0.2) is 0 Å². The van der Waals surface area contributed by atoms with E-state index in [-0.39, 0.29) is 18.3 Å². The highest BCUT2D eigenvalue weighted by Gasteiger charge is 2.63. The zero-order chi connectivity index (χ0) is 25.7. The highest BCUT2D eigenvalue weighted by Crippen LogP contribution is 2.52. The lowest BCUT2D eigenvalue weighted by molar-refractivity contribution is -0.480. The van der Waals surface area contributed by atoms with Crippen molar-refractivity contribution in [1.29, 1.82) is 0 Å². The zero-order valence-corrected chi connectivity index (χ0v) is 23.3. The Morgan fingerprint density at radius 1 is 0.605 bits per heavy atom. The monoisotopic (exact) mass is 548 g/mol. The van der Waals surface area contributed by atoms with Gasteiger partial charge in [0.05, 0.1) is 18.8 Å². The van der Waals surface area contributed by atoms with Gasteiger partial charge < -0.3 is 18.9 Å². The highest BCUT2D eigenvalue weighted by molar-refractivity contribution is 7.99. The largest absolute Gasteiger partial charge is 0.342 e. The Balaban J connectivity index is 1.22. The van der Waals surface area contributed by atoms with Crippen LogP contribution in [0.4, 0.5) is 0 Å². The molecule has 3 heterocycles. The van der Waals surface area contributed by atoms with Gasteiger partial charge in [-0.1, -0.05) is 66.7 Å². The van der Waals surface area contributed by atoms with Crippen LogP contribution < -0.4 is 0 Å². The zero-order valence-electron chi connectivity index (χ0n) is 21.7. The molecular weight excluding hydrogens is 512 g/mol. The molecule has 0 aliphatic carbocycles. The number of fused-ring (bicyclic) bond motifs is 1. The summed E-state index contributed by atoms with van der Waals surface area (Å²) in [5.74, 6) is -0.0222. The normalized spacial score (nSPS) is 31.4. The Kier molecular flexibility index (Phi) is 8.45. The third-order valence-corrected chi connectivity index (χ3v) is 9.98. The molecule has 0 radical (unpaired) electrons. The summed E-state index contributed by atoms with van der Waals surface area (Å²) in [6.45, 7) is 0.469. The maximum Gasteiger partial charge on any atom is 0.224 e. The summed E-state index contributed by atoms with van der Waals surface area (Å²) in [6, 6.07) is 31.5. The van der Waals surface area contributed by atoms with Crippen molar-refractivity contribution in [2.45, 2.75) is 78.2 Å². The quantitative estimate of drug-likeness (QED) is 0.280. The highest BCUT2D eigenvalue weighted by atomic mass is 32.2. The first-order valence-electron chi connectivity index (χ1n) is 13.8. The molecule has 5 atom stereocenters. The number of benzene rings is 3. The fourth-order valence-electron chi connectivity index (χ4n) is 5.80. The smallest absolute Gasteiger partial charge is 0.224 e. The van der Waals surface area contributed by atoms with Crippen LogP contribution in [0.3, 0.4) is 0 Å². The van der Waals surface area contributed by atoms with Crippen molar-refractivity contribution in [2.75, 3.05) is 18.1 Å². The first kappa shape index (κ1) is 26.4. The van der Waals surface area contributed by atoms with Gasteiger partial charge in [0.1, 0.15) is 6.10 Å². The fraction of sp³-hybridized carbons (Fsp3) is 0.438. The van der Waals surface area contributed by atoms with Crippen LogP contribution in [0.25, 0.3) is 0 Å². The van der Waals surface area contributed by atoms with E-state index in [1.54, 1.807) is 0 Å². The molecule has 3 aliphatic heterocycles. The van der Waals surface area contributed by atoms with E-state index in [4.69, 9.17) is 18.9 Å². The SMILES string of the molecule is c1ccc(SC[C@H]2CCC[C@]3(OC[C@H](c4ccccc4)O[C@]34CCC[C@H](CSc3ccccc3)O4)O2)cc1. The lowest BCUT2D eigenvalue weighted by Crippen LogP contribution is -2.68. The molecule has 0 unspecified atom stereocenters. The van der Waals surface area contributed by atoms with E-state index in [1.165, 1.54) is 9.79 Å². The van der Waals surface area contributed by atoms with Crippen molar-refractivity contribution < 1.29 is 18.9 Å². The molecule has 6 rings (SSSR count). The Hall–Kier alpha value is -1.80. The molecule has 0 N–H and O–H groups in total. The molecule has 2 spiro atoms. The van der Waals surface area contributed by atoms with Crippen molar-refractivity contribution in [1.82, 2.24) is 0 Å². The second-order valence-corrected chi connectivity index (χ2v) is 12.5. The van der Waals surface area contributed by atoms with Gasteiger partial charge in [0, 0.05) is 34.1 Å². The predicted octanol–water partition coefficient (Wildman–Crippen LogP) is 7.89. The van der Waals surface area contributed by atoms with Crippen molar-refractivity contribution in [3.8, 4) is 0 Å². The summed E-state index contributed by atoms with van der Waals surface area (Å²) in [6.07, 6.45) is 5.66. The fourth-order valence-corrected chi connectivity index (χ4v) is 7.73. The lowest BCUT2D eigenvalue weighted by atomic mass is 9.86. The average molecular weight is 549 g/mol. The summed E-state index contributed by atoms with van der Waals surface area (Å²) < 4.78 is 27.7. The molecule has 3 saturated heterocycles. The lowest BCUT2D eigenvalue weighted by Gasteiger charge is -2.58. The minimum atomic E-state index is -0.915. The van der Waals surface area contributed by atoms with Crippen LogP contribution in [-0.4, -0.2) is 41.9 Å². The summed E-state index contributed by atoms with van der Waals surface area (Å²) in [5.41, 5.74) is 1.12. The molecular formula is C32H36O4S2. The average Bonchev–Trinajstić information content (AvgIpc) is 2.99. The molecule has 0 amide bonds. The molecule has 0 saturated carbocycles. The summed E-state index contributed by atoms with van der Waals surface area (Å²) in [7, 11) is 0. The van der Waals surface area contributed by atoms with Crippen molar-refractivity contribution in [2.24, 2.45) is 0 Å². The van der Waals surface area contributed by atoms with Crippen molar-refractivity contribution in [3.05, 3.63) is 96.6 Å². The van der Waals surface area contributed by atoms with Crippen LogP contribution in [-0.2, 0) is 18.9 Å². The van der Waals surface area contributed by atoms with Gasteiger partial charge in [0.25, 0.3) is 0 Å². The van der Waals surface area contributed by atoms with E-state index in [9.17, 15) is 0 Å². The molecule has 6 heteroatoms. The molecule has 3 fully saturated rings. The topological polar surface area (TPSA) is 36.9 Å². The first-order valence-corrected chi connectivity index (χ1v) is 15.8. The van der Waals surface area contributed by atoms with Gasteiger partial charge in [-0.15, -0.1) is 23.5 Å². The van der Waals surface area contributed by atoms with Gasteiger partial charge in [0.2, 0.25) is 11.6 Å². The Bertz CT molecular complexity index is 1150. The summed E-state index contributed by atoms with van der Waals surface area (Å²) >= 11 is 3.69. The Labute approximate surface area is 234 Å². The molecule has 3 aromatic carbocycles. The second kappa shape index (κ2) is 12.2. The van der Waals surface area contributed by atoms with E-state index >= 15 is 0 Å². The van der Waals surface area contributed by atoms with Crippen LogP contribution in [0.15, 0.2) is 101 Å². The maximum atomic E-state index is 7.00. The van der Waals surface area contributed by atoms with Gasteiger partial charge in [-0.25, -0.2) is 0 Å². The van der Waals surface area contributed by atoms with E-state index in [0.717, 1.165) is 55.6 Å². The second-order valence-electron chi connectivity index (χ2n) is 10.3. The number of hydrogen-bond donors (Lipinski definition) is 0. The Morgan fingerprint density at radius 2 is 1.11 bits per heavy atom. The van der Waals surface area contributed by atoms with Gasteiger partial charge >= 0.3 is 0 Å². The van der Waals surface area contributed by atoms with Crippen LogP contribution >= 0.6 is 23.5 Å². The van der Waals surface area contributed by atoms with E-state index in [2.05, 4.69) is 84.9 Å². The summed E-state index contributed by atoms with van der Waals surface area (Å²) in [5, 5.41) is 0. The molecule has 0 aromatic heterocycles. The van der Waals surface area contributed by atoms with Gasteiger partial charge in [-0.3, -0.25) is 0 Å². The molecule has 0 bridgehead atoms. The van der Waals surface area contributed by atoms with Gasteiger partial charge in [-0.2, -0.15) is 0 Å². The van der Waals surface area contributed by atoms with Crippen molar-refractivity contribution in [3.63, 3.8) is 0 Å². The number of rotatable bonds is 7. The van der Waals surface area contributed by atoms with Crippen LogP contribution in [0.2, 0.25) is 0 Å². The first-order chi connectivity index (χ1) is 18.7.